The van der Waals surface area contributed by atoms with E-state index in [1.165, 1.54) is 7.11 Å². The van der Waals surface area contributed by atoms with Crippen molar-refractivity contribution in [3.63, 3.8) is 0 Å². The van der Waals surface area contributed by atoms with E-state index in [1.807, 2.05) is 0 Å². The van der Waals surface area contributed by atoms with Gasteiger partial charge in [-0.3, -0.25) is 4.79 Å². The molecule has 0 radical (unpaired) electrons. The Morgan fingerprint density at radius 2 is 1.91 bits per heavy atom. The quantitative estimate of drug-likeness (QED) is 0.514. The second kappa shape index (κ2) is 8.51. The summed E-state index contributed by atoms with van der Waals surface area (Å²) < 4.78 is 62.6. The van der Waals surface area contributed by atoms with Crippen LogP contribution in [0.5, 0.6) is 11.5 Å². The lowest BCUT2D eigenvalue weighted by atomic mass is 10.1. The SMILES string of the molecule is COCCCOc1cc(OS(=O)C(F)(F)F)c(C(C)=O)cc1Cl. The Bertz CT molecular complexity index is 592. The molecule has 0 spiro atoms. The van der Waals surface area contributed by atoms with E-state index in [2.05, 4.69) is 4.18 Å². The van der Waals surface area contributed by atoms with Gasteiger partial charge in [-0.15, -0.1) is 0 Å². The topological polar surface area (TPSA) is 61.8 Å². The number of carbonyl (C=O) groups excluding carboxylic acids is 1. The van der Waals surface area contributed by atoms with Crippen molar-refractivity contribution in [2.24, 2.45) is 0 Å². The van der Waals surface area contributed by atoms with Crippen molar-refractivity contribution < 1.29 is 35.8 Å². The molecule has 0 aliphatic heterocycles. The molecule has 0 aliphatic carbocycles. The summed E-state index contributed by atoms with van der Waals surface area (Å²) >= 11 is 2.31. The van der Waals surface area contributed by atoms with Crippen LogP contribution in [0.25, 0.3) is 0 Å². The molecule has 0 aromatic heterocycles. The van der Waals surface area contributed by atoms with Gasteiger partial charge < -0.3 is 13.7 Å². The third-order valence-corrected chi connectivity index (χ3v) is 3.52. The number of Topliss-reactive ketones (excluding diaryl/α,β-unsaturated/α-hetero) is 1. The molecular weight excluding hydrogens is 361 g/mol. The predicted octanol–water partition coefficient (Wildman–Crippen LogP) is 3.52. The van der Waals surface area contributed by atoms with E-state index in [9.17, 15) is 22.2 Å². The molecule has 5 nitrogen and oxygen atoms in total. The number of hydrogen-bond acceptors (Lipinski definition) is 5. The van der Waals surface area contributed by atoms with Gasteiger partial charge in [0.2, 0.25) is 0 Å². The van der Waals surface area contributed by atoms with Crippen LogP contribution in [0.4, 0.5) is 13.2 Å². The molecule has 1 rings (SSSR count). The molecule has 1 unspecified atom stereocenters. The van der Waals surface area contributed by atoms with E-state index in [1.54, 1.807) is 0 Å². The lowest BCUT2D eigenvalue weighted by Crippen LogP contribution is -2.21. The summed E-state index contributed by atoms with van der Waals surface area (Å²) in [7, 11) is 1.51. The molecule has 1 aromatic carbocycles. The minimum atomic E-state index is -5.08. The highest BCUT2D eigenvalue weighted by Crippen LogP contribution is 2.35. The summed E-state index contributed by atoms with van der Waals surface area (Å²) in [6, 6.07) is 2.12. The molecule has 0 fully saturated rings. The number of methoxy groups -OCH3 is 1. The van der Waals surface area contributed by atoms with Crippen molar-refractivity contribution in [2.45, 2.75) is 18.9 Å². The number of rotatable bonds is 8. The molecule has 1 atom stereocenters. The van der Waals surface area contributed by atoms with Crippen molar-refractivity contribution >= 4 is 28.5 Å². The van der Waals surface area contributed by atoms with Crippen molar-refractivity contribution in [3.05, 3.63) is 22.7 Å². The Balaban J connectivity index is 3.05. The Morgan fingerprint density at radius 3 is 2.43 bits per heavy atom. The van der Waals surface area contributed by atoms with Crippen LogP contribution in [-0.4, -0.2) is 35.8 Å². The minimum absolute atomic E-state index is 0.0157. The fraction of sp³-hybridized carbons (Fsp3) is 0.462. The molecule has 1 aromatic rings. The van der Waals surface area contributed by atoms with Gasteiger partial charge in [0, 0.05) is 26.2 Å². The molecule has 0 N–H and O–H groups in total. The Kier molecular flexibility index (Phi) is 7.30. The fourth-order valence-electron chi connectivity index (χ4n) is 1.50. The Hall–Kier alpha value is -1.32. The normalized spacial score (nSPS) is 12.8. The zero-order valence-corrected chi connectivity index (χ0v) is 13.8. The van der Waals surface area contributed by atoms with E-state index in [0.29, 0.717) is 13.0 Å². The highest BCUT2D eigenvalue weighted by molar-refractivity contribution is 7.81. The lowest BCUT2D eigenvalue weighted by molar-refractivity contribution is -0.0437. The van der Waals surface area contributed by atoms with Crippen LogP contribution in [-0.2, 0) is 15.8 Å². The first-order chi connectivity index (χ1) is 10.7. The van der Waals surface area contributed by atoms with Crippen molar-refractivity contribution in [1.82, 2.24) is 0 Å². The second-order valence-electron chi connectivity index (χ2n) is 4.29. The zero-order chi connectivity index (χ0) is 17.6. The summed E-state index contributed by atoms with van der Waals surface area (Å²) in [4.78, 5) is 11.5. The van der Waals surface area contributed by atoms with Crippen LogP contribution in [0, 0.1) is 0 Å². The number of carbonyl (C=O) groups is 1. The van der Waals surface area contributed by atoms with Gasteiger partial charge in [-0.1, -0.05) is 11.6 Å². The monoisotopic (exact) mass is 374 g/mol. The third-order valence-electron chi connectivity index (χ3n) is 2.52. The maximum absolute atomic E-state index is 12.4. The fourth-order valence-corrected chi connectivity index (χ4v) is 2.12. The van der Waals surface area contributed by atoms with Gasteiger partial charge in [0.25, 0.3) is 0 Å². The number of ketones is 1. The highest BCUT2D eigenvalue weighted by atomic mass is 35.5. The van der Waals surface area contributed by atoms with Crippen LogP contribution in [0.3, 0.4) is 0 Å². The molecular formula is C13H14ClF3O5S. The van der Waals surface area contributed by atoms with Gasteiger partial charge in [0.05, 0.1) is 17.2 Å². The van der Waals surface area contributed by atoms with E-state index < -0.39 is 28.1 Å². The van der Waals surface area contributed by atoms with Crippen molar-refractivity contribution in [1.29, 1.82) is 0 Å². The Labute approximate surface area is 138 Å². The van der Waals surface area contributed by atoms with Gasteiger partial charge in [-0.25, -0.2) is 4.21 Å². The Morgan fingerprint density at radius 1 is 1.26 bits per heavy atom. The van der Waals surface area contributed by atoms with Crippen LogP contribution < -0.4 is 8.92 Å². The zero-order valence-electron chi connectivity index (χ0n) is 12.2. The van der Waals surface area contributed by atoms with Crippen molar-refractivity contribution in [2.75, 3.05) is 20.3 Å². The van der Waals surface area contributed by atoms with E-state index in [-0.39, 0.29) is 22.9 Å². The van der Waals surface area contributed by atoms with E-state index in [4.69, 9.17) is 21.1 Å². The number of halogens is 4. The largest absolute Gasteiger partial charge is 0.508 e. The number of alkyl halides is 3. The smallest absolute Gasteiger partial charge is 0.492 e. The third kappa shape index (κ3) is 6.00. The summed E-state index contributed by atoms with van der Waals surface area (Å²) in [5, 5.41) is 0.0257. The van der Waals surface area contributed by atoms with Gasteiger partial charge in [0.1, 0.15) is 5.75 Å². The molecule has 0 saturated carbocycles. The molecule has 0 saturated heterocycles. The van der Waals surface area contributed by atoms with Crippen molar-refractivity contribution in [3.8, 4) is 11.5 Å². The van der Waals surface area contributed by atoms with E-state index >= 15 is 0 Å². The minimum Gasteiger partial charge on any atom is -0.492 e. The molecule has 0 bridgehead atoms. The lowest BCUT2D eigenvalue weighted by Gasteiger charge is -2.14. The van der Waals surface area contributed by atoms with Gasteiger partial charge in [-0.2, -0.15) is 13.2 Å². The van der Waals surface area contributed by atoms with Gasteiger partial charge >= 0.3 is 16.6 Å². The van der Waals surface area contributed by atoms with Crippen LogP contribution in [0.2, 0.25) is 5.02 Å². The van der Waals surface area contributed by atoms with Gasteiger partial charge in [-0.05, 0) is 13.0 Å². The second-order valence-corrected chi connectivity index (χ2v) is 5.80. The first-order valence-corrected chi connectivity index (χ1v) is 7.75. The maximum atomic E-state index is 12.4. The predicted molar refractivity (Wildman–Crippen MR) is 78.3 cm³/mol. The van der Waals surface area contributed by atoms with Gasteiger partial charge in [0.15, 0.2) is 11.5 Å². The first kappa shape index (κ1) is 19.7. The van der Waals surface area contributed by atoms with E-state index in [0.717, 1.165) is 19.1 Å². The molecule has 0 heterocycles. The first-order valence-electron chi connectivity index (χ1n) is 6.30. The average Bonchev–Trinajstić information content (AvgIpc) is 2.44. The summed E-state index contributed by atoms with van der Waals surface area (Å²) in [5.74, 6) is -1.09. The molecule has 0 amide bonds. The molecule has 10 heteroatoms. The maximum Gasteiger partial charge on any atom is 0.508 e. The summed E-state index contributed by atoms with van der Waals surface area (Å²) in [6.07, 6.45) is 0.520. The number of benzene rings is 1. The molecule has 0 aliphatic rings. The molecule has 130 valence electrons. The summed E-state index contributed by atoms with van der Waals surface area (Å²) in [6.45, 7) is 1.73. The van der Waals surface area contributed by atoms with Crippen LogP contribution in [0.15, 0.2) is 12.1 Å². The highest BCUT2D eigenvalue weighted by Gasteiger charge is 2.40. The summed E-state index contributed by atoms with van der Waals surface area (Å²) in [5.41, 5.74) is -5.30. The number of ether oxygens (including phenoxy) is 2. The van der Waals surface area contributed by atoms with Crippen LogP contribution >= 0.6 is 11.6 Å². The number of hydrogen-bond donors (Lipinski definition) is 0. The standard InChI is InChI=1S/C13H14ClF3O5S/c1-8(18)9-6-10(14)12(21-5-3-4-20-2)7-11(9)22-23(19)13(15,16)17/h6-7H,3-5H2,1-2H3. The average molecular weight is 375 g/mol. The molecule has 23 heavy (non-hydrogen) atoms. The van der Waals surface area contributed by atoms with Crippen LogP contribution in [0.1, 0.15) is 23.7 Å².